The summed E-state index contributed by atoms with van der Waals surface area (Å²) in [6.07, 6.45) is 11.2. The fourth-order valence-corrected chi connectivity index (χ4v) is 4.73. The van der Waals surface area contributed by atoms with Gasteiger partial charge in [-0.15, -0.1) is 18.8 Å². The predicted molar refractivity (Wildman–Crippen MR) is 77.6 cm³/mol. The van der Waals surface area contributed by atoms with Crippen molar-refractivity contribution in [1.82, 2.24) is 0 Å². The number of thioether (sulfide) groups is 2. The third-order valence-electron chi connectivity index (χ3n) is 3.87. The molecule has 0 aromatic carbocycles. The quantitative estimate of drug-likeness (QED) is 0.549. The number of rotatable bonds is 1. The first-order valence-corrected chi connectivity index (χ1v) is 7.93. The highest BCUT2D eigenvalue weighted by atomic mass is 32.2. The zero-order valence-corrected chi connectivity index (χ0v) is 12.2. The molecule has 0 aromatic heterocycles. The molecule has 0 radical (unpaired) electrons. The minimum absolute atomic E-state index is 0.0568. The molecule has 0 spiro atoms. The van der Waals surface area contributed by atoms with Gasteiger partial charge >= 0.3 is 5.30 Å². The average molecular weight is 294 g/mol. The van der Waals surface area contributed by atoms with Crippen molar-refractivity contribution in [3.05, 3.63) is 0 Å². The van der Waals surface area contributed by atoms with Crippen LogP contribution in [-0.2, 0) is 9.53 Å². The minimum Gasteiger partial charge on any atom is -0.453 e. The van der Waals surface area contributed by atoms with Gasteiger partial charge in [0.15, 0.2) is 5.12 Å². The Hall–Kier alpha value is -1.04. The summed E-state index contributed by atoms with van der Waals surface area (Å²) in [5, 5.41) is -0.202. The van der Waals surface area contributed by atoms with Gasteiger partial charge in [0, 0.05) is 29.8 Å². The van der Waals surface area contributed by atoms with E-state index < -0.39 is 11.5 Å². The molecule has 2 saturated heterocycles. The molecular weight excluding hydrogens is 280 g/mol. The highest BCUT2D eigenvalue weighted by molar-refractivity contribution is 8.13. The van der Waals surface area contributed by atoms with Crippen molar-refractivity contribution in [3.8, 4) is 24.7 Å². The van der Waals surface area contributed by atoms with Crippen LogP contribution in [0.1, 0.15) is 13.3 Å². The molecule has 5 heteroatoms. The highest BCUT2D eigenvalue weighted by Gasteiger charge is 2.52. The number of ether oxygens (including phenoxy) is 1. The lowest BCUT2D eigenvalue weighted by atomic mass is 9.67. The van der Waals surface area contributed by atoms with Gasteiger partial charge in [-0.05, 0) is 18.7 Å². The molecule has 19 heavy (non-hydrogen) atoms. The van der Waals surface area contributed by atoms with Crippen LogP contribution in [0.5, 0.6) is 0 Å². The molecule has 2 fully saturated rings. The Morgan fingerprint density at radius 1 is 1.37 bits per heavy atom. The molecule has 4 unspecified atom stereocenters. The van der Waals surface area contributed by atoms with Crippen molar-refractivity contribution >= 4 is 33.9 Å². The second kappa shape index (κ2) is 5.53. The van der Waals surface area contributed by atoms with Gasteiger partial charge in [0.1, 0.15) is 6.10 Å². The highest BCUT2D eigenvalue weighted by Crippen LogP contribution is 2.48. The Balaban J connectivity index is 2.34. The molecule has 0 aromatic rings. The Bertz CT molecular complexity index is 488. The van der Waals surface area contributed by atoms with Crippen molar-refractivity contribution < 1.29 is 14.3 Å². The van der Waals surface area contributed by atoms with Gasteiger partial charge in [-0.1, -0.05) is 17.7 Å². The second-order valence-corrected chi connectivity index (χ2v) is 6.74. The SMILES string of the molecule is C#CC1CSC(=O)CC1C1(C#C)CSC(=O)OC1C. The molecule has 2 rings (SSSR count). The van der Waals surface area contributed by atoms with Gasteiger partial charge in [-0.2, -0.15) is 0 Å². The Morgan fingerprint density at radius 3 is 2.68 bits per heavy atom. The predicted octanol–water partition coefficient (Wildman–Crippen LogP) is 2.41. The summed E-state index contributed by atoms with van der Waals surface area (Å²) in [7, 11) is 0. The topological polar surface area (TPSA) is 43.4 Å². The maximum absolute atomic E-state index is 11.7. The monoisotopic (exact) mass is 294 g/mol. The van der Waals surface area contributed by atoms with Crippen LogP contribution in [0.4, 0.5) is 4.79 Å². The average Bonchev–Trinajstić information content (AvgIpc) is 2.39. The van der Waals surface area contributed by atoms with Crippen molar-refractivity contribution in [2.75, 3.05) is 11.5 Å². The number of hydrogen-bond acceptors (Lipinski definition) is 5. The lowest BCUT2D eigenvalue weighted by Gasteiger charge is -2.45. The van der Waals surface area contributed by atoms with E-state index in [9.17, 15) is 9.59 Å². The van der Waals surface area contributed by atoms with Crippen LogP contribution >= 0.6 is 23.5 Å². The summed E-state index contributed by atoms with van der Waals surface area (Å²) in [5.74, 6) is 6.41. The van der Waals surface area contributed by atoms with Gasteiger partial charge in [0.25, 0.3) is 0 Å². The van der Waals surface area contributed by atoms with Crippen LogP contribution in [-0.4, -0.2) is 28.0 Å². The molecule has 2 aliphatic heterocycles. The molecule has 2 heterocycles. The van der Waals surface area contributed by atoms with E-state index in [0.717, 1.165) is 11.8 Å². The van der Waals surface area contributed by atoms with Crippen molar-refractivity contribution in [3.63, 3.8) is 0 Å². The van der Waals surface area contributed by atoms with E-state index in [0.29, 0.717) is 17.9 Å². The normalized spacial score (nSPS) is 39.0. The smallest absolute Gasteiger partial charge is 0.367 e. The number of cyclic esters (lactones) is 1. The third kappa shape index (κ3) is 2.50. The van der Waals surface area contributed by atoms with Gasteiger partial charge < -0.3 is 4.74 Å². The lowest BCUT2D eigenvalue weighted by Crippen LogP contribution is -2.50. The number of carbonyl (C=O) groups is 2. The molecule has 0 N–H and O–H groups in total. The first-order chi connectivity index (χ1) is 9.03. The Morgan fingerprint density at radius 2 is 2.11 bits per heavy atom. The molecular formula is C14H14O3S2. The molecule has 0 saturated carbocycles. The van der Waals surface area contributed by atoms with Crippen LogP contribution in [0.3, 0.4) is 0 Å². The van der Waals surface area contributed by atoms with E-state index in [4.69, 9.17) is 17.6 Å². The van der Waals surface area contributed by atoms with E-state index in [-0.39, 0.29) is 22.3 Å². The standard InChI is InChI=1S/C14H14O3S2/c1-4-10-7-18-12(15)6-11(10)14(5-2)8-19-13(16)17-9(14)3/h1-2,9-11H,6-8H2,3H3. The summed E-state index contributed by atoms with van der Waals surface area (Å²) in [5.41, 5.74) is -0.647. The molecule has 100 valence electrons. The number of carbonyl (C=O) groups excluding carboxylic acids is 2. The maximum Gasteiger partial charge on any atom is 0.367 e. The second-order valence-electron chi connectivity index (χ2n) is 4.75. The maximum atomic E-state index is 11.7. The zero-order valence-electron chi connectivity index (χ0n) is 10.5. The Kier molecular flexibility index (Phi) is 4.18. The third-order valence-corrected chi connectivity index (χ3v) is 5.84. The van der Waals surface area contributed by atoms with Crippen LogP contribution in [0.2, 0.25) is 0 Å². The van der Waals surface area contributed by atoms with E-state index in [1.165, 1.54) is 11.8 Å². The van der Waals surface area contributed by atoms with E-state index in [1.54, 1.807) is 6.92 Å². The van der Waals surface area contributed by atoms with Gasteiger partial charge in [0.2, 0.25) is 0 Å². The van der Waals surface area contributed by atoms with Crippen molar-refractivity contribution in [2.45, 2.75) is 19.4 Å². The summed E-state index contributed by atoms with van der Waals surface area (Å²) in [4.78, 5) is 23.1. The molecule has 2 aliphatic rings. The molecule has 0 amide bonds. The first kappa shape index (κ1) is 14.4. The lowest BCUT2D eigenvalue weighted by molar-refractivity contribution is -0.113. The van der Waals surface area contributed by atoms with Crippen LogP contribution in [0.25, 0.3) is 0 Å². The fraction of sp³-hybridized carbons (Fsp3) is 0.571. The van der Waals surface area contributed by atoms with Crippen LogP contribution in [0.15, 0.2) is 0 Å². The zero-order chi connectivity index (χ0) is 14.0. The van der Waals surface area contributed by atoms with Crippen LogP contribution < -0.4 is 0 Å². The van der Waals surface area contributed by atoms with E-state index in [2.05, 4.69) is 11.8 Å². The van der Waals surface area contributed by atoms with Crippen LogP contribution in [0, 0.1) is 41.9 Å². The number of hydrogen-bond donors (Lipinski definition) is 0. The first-order valence-electron chi connectivity index (χ1n) is 5.96. The molecule has 4 atom stereocenters. The number of terminal acetylenes is 2. The van der Waals surface area contributed by atoms with Gasteiger partial charge in [0.05, 0.1) is 5.41 Å². The largest absolute Gasteiger partial charge is 0.453 e. The Labute approximate surface area is 121 Å². The summed E-state index contributed by atoms with van der Waals surface area (Å²) in [6, 6.07) is 0. The fourth-order valence-electron chi connectivity index (χ4n) is 2.64. The summed E-state index contributed by atoms with van der Waals surface area (Å²) >= 11 is 2.34. The molecule has 0 bridgehead atoms. The van der Waals surface area contributed by atoms with E-state index in [1.807, 2.05) is 0 Å². The van der Waals surface area contributed by atoms with Gasteiger partial charge in [-0.25, -0.2) is 4.79 Å². The summed E-state index contributed by atoms with van der Waals surface area (Å²) < 4.78 is 5.27. The minimum atomic E-state index is -0.647. The van der Waals surface area contributed by atoms with Gasteiger partial charge in [-0.3, -0.25) is 4.79 Å². The van der Waals surface area contributed by atoms with Crippen molar-refractivity contribution in [1.29, 1.82) is 0 Å². The summed E-state index contributed by atoms with van der Waals surface area (Å²) in [6.45, 7) is 1.79. The van der Waals surface area contributed by atoms with Crippen molar-refractivity contribution in [2.24, 2.45) is 17.3 Å². The molecule has 3 nitrogen and oxygen atoms in total. The van der Waals surface area contributed by atoms with E-state index >= 15 is 0 Å². The molecule has 0 aliphatic carbocycles.